The fourth-order valence-corrected chi connectivity index (χ4v) is 2.13. The van der Waals surface area contributed by atoms with Crippen LogP contribution in [-0.4, -0.2) is 30.2 Å². The molecule has 0 unspecified atom stereocenters. The highest BCUT2D eigenvalue weighted by molar-refractivity contribution is 4.82. The summed E-state index contributed by atoms with van der Waals surface area (Å²) in [5, 5.41) is 0. The van der Waals surface area contributed by atoms with Crippen molar-refractivity contribution in [3.05, 3.63) is 0 Å². The first kappa shape index (κ1) is 16.8. The third-order valence-corrected chi connectivity index (χ3v) is 3.26. The molecule has 0 bridgehead atoms. The molecule has 104 valence electrons. The van der Waals surface area contributed by atoms with Crippen molar-refractivity contribution in [2.75, 3.05) is 7.05 Å². The van der Waals surface area contributed by atoms with E-state index in [0.29, 0.717) is 5.92 Å². The molecule has 0 amide bonds. The molecule has 0 aliphatic heterocycles. The van der Waals surface area contributed by atoms with Crippen molar-refractivity contribution in [2.24, 2.45) is 11.8 Å². The van der Waals surface area contributed by atoms with Gasteiger partial charge in [-0.3, -0.25) is 4.90 Å². The van der Waals surface area contributed by atoms with Gasteiger partial charge < -0.3 is 0 Å². The Morgan fingerprint density at radius 1 is 0.941 bits per heavy atom. The maximum atomic E-state index is 12.9. The van der Waals surface area contributed by atoms with E-state index >= 15 is 0 Å². The summed E-state index contributed by atoms with van der Waals surface area (Å²) in [5.74, 6) is 0.121. The monoisotopic (exact) mass is 253 g/mol. The molecule has 2 atom stereocenters. The normalized spacial score (nSPS) is 16.9. The molecule has 0 saturated carbocycles. The summed E-state index contributed by atoms with van der Waals surface area (Å²) in [4.78, 5) is 1.48. The highest BCUT2D eigenvalue weighted by Gasteiger charge is 2.45. The molecular weight excluding hydrogens is 227 g/mol. The smallest absolute Gasteiger partial charge is 0.292 e. The van der Waals surface area contributed by atoms with Crippen molar-refractivity contribution in [3.63, 3.8) is 0 Å². The van der Waals surface area contributed by atoms with E-state index in [1.54, 1.807) is 20.9 Å². The fourth-order valence-electron chi connectivity index (χ4n) is 2.13. The van der Waals surface area contributed by atoms with E-state index < -0.39 is 18.1 Å². The number of rotatable bonds is 6. The standard InChI is InChI=1S/C13H26F3N/c1-9(2)7-8-11(5)17(6)12(10(3)4)13(14,15)16/h9-12H,7-8H2,1-6H3/t11-,12+/m0/s1. The van der Waals surface area contributed by atoms with Gasteiger partial charge in [-0.2, -0.15) is 13.2 Å². The Labute approximate surface area is 103 Å². The molecular formula is C13H26F3N. The molecule has 0 aliphatic rings. The second-order valence-electron chi connectivity index (χ2n) is 5.72. The summed E-state index contributed by atoms with van der Waals surface area (Å²) >= 11 is 0. The summed E-state index contributed by atoms with van der Waals surface area (Å²) in [6.45, 7) is 9.32. The SMILES string of the molecule is CC(C)CC[C@H](C)N(C)[C@H](C(C)C)C(F)(F)F. The first-order valence-electron chi connectivity index (χ1n) is 6.36. The van der Waals surface area contributed by atoms with Crippen molar-refractivity contribution in [3.8, 4) is 0 Å². The molecule has 1 nitrogen and oxygen atoms in total. The van der Waals surface area contributed by atoms with Crippen LogP contribution in [0, 0.1) is 11.8 Å². The number of hydrogen-bond acceptors (Lipinski definition) is 1. The summed E-state index contributed by atoms with van der Waals surface area (Å²) < 4.78 is 38.8. The Hall–Kier alpha value is -0.250. The highest BCUT2D eigenvalue weighted by atomic mass is 19.4. The van der Waals surface area contributed by atoms with Gasteiger partial charge in [0.1, 0.15) is 6.04 Å². The van der Waals surface area contributed by atoms with Gasteiger partial charge in [0, 0.05) is 6.04 Å². The topological polar surface area (TPSA) is 3.24 Å². The van der Waals surface area contributed by atoms with Crippen LogP contribution in [0.3, 0.4) is 0 Å². The van der Waals surface area contributed by atoms with Crippen LogP contribution in [0.4, 0.5) is 13.2 Å². The van der Waals surface area contributed by atoms with Crippen LogP contribution in [-0.2, 0) is 0 Å². The van der Waals surface area contributed by atoms with Crippen molar-refractivity contribution < 1.29 is 13.2 Å². The van der Waals surface area contributed by atoms with Crippen LogP contribution < -0.4 is 0 Å². The zero-order valence-electron chi connectivity index (χ0n) is 11.8. The van der Waals surface area contributed by atoms with Gasteiger partial charge in [0.25, 0.3) is 0 Å². The van der Waals surface area contributed by atoms with Crippen LogP contribution in [0.2, 0.25) is 0 Å². The van der Waals surface area contributed by atoms with Crippen LogP contribution in [0.5, 0.6) is 0 Å². The number of nitrogens with zero attached hydrogens (tertiary/aromatic N) is 1. The first-order valence-corrected chi connectivity index (χ1v) is 6.36. The predicted molar refractivity (Wildman–Crippen MR) is 66.0 cm³/mol. The zero-order valence-corrected chi connectivity index (χ0v) is 11.8. The van der Waals surface area contributed by atoms with Crippen molar-refractivity contribution in [1.82, 2.24) is 4.90 Å². The summed E-state index contributed by atoms with van der Waals surface area (Å²) in [5.41, 5.74) is 0. The minimum absolute atomic E-state index is 0.0357. The Morgan fingerprint density at radius 3 is 1.71 bits per heavy atom. The van der Waals surface area contributed by atoms with Crippen molar-refractivity contribution in [1.29, 1.82) is 0 Å². The van der Waals surface area contributed by atoms with Crippen LogP contribution >= 0.6 is 0 Å². The lowest BCUT2D eigenvalue weighted by atomic mass is 9.98. The van der Waals surface area contributed by atoms with Gasteiger partial charge >= 0.3 is 6.18 Å². The molecule has 0 rings (SSSR count). The average Bonchev–Trinajstić information content (AvgIpc) is 2.10. The molecule has 17 heavy (non-hydrogen) atoms. The van der Waals surface area contributed by atoms with Gasteiger partial charge in [0.2, 0.25) is 0 Å². The molecule has 0 aromatic carbocycles. The predicted octanol–water partition coefficient (Wildman–Crippen LogP) is 4.33. The van der Waals surface area contributed by atoms with E-state index in [9.17, 15) is 13.2 Å². The molecule has 0 spiro atoms. The maximum absolute atomic E-state index is 12.9. The minimum Gasteiger partial charge on any atom is -0.292 e. The fraction of sp³-hybridized carbons (Fsp3) is 1.00. The van der Waals surface area contributed by atoms with Gasteiger partial charge in [-0.05, 0) is 38.6 Å². The third kappa shape index (κ3) is 5.75. The van der Waals surface area contributed by atoms with E-state index in [1.807, 2.05) is 6.92 Å². The number of halogens is 3. The summed E-state index contributed by atoms with van der Waals surface area (Å²) in [6, 6.07) is -1.38. The van der Waals surface area contributed by atoms with Crippen LogP contribution in [0.15, 0.2) is 0 Å². The Kier molecular flexibility index (Phi) is 6.52. The van der Waals surface area contributed by atoms with Gasteiger partial charge in [-0.1, -0.05) is 27.7 Å². The van der Waals surface area contributed by atoms with E-state index in [2.05, 4.69) is 13.8 Å². The average molecular weight is 253 g/mol. The molecule has 4 heteroatoms. The second kappa shape index (κ2) is 6.62. The quantitative estimate of drug-likeness (QED) is 0.681. The third-order valence-electron chi connectivity index (χ3n) is 3.26. The van der Waals surface area contributed by atoms with E-state index in [1.165, 1.54) is 4.90 Å². The lowest BCUT2D eigenvalue weighted by Gasteiger charge is -2.37. The maximum Gasteiger partial charge on any atom is 0.404 e. The highest BCUT2D eigenvalue weighted by Crippen LogP contribution is 2.31. The zero-order chi connectivity index (χ0) is 13.8. The number of hydrogen-bond donors (Lipinski definition) is 0. The van der Waals surface area contributed by atoms with Crippen molar-refractivity contribution in [2.45, 2.75) is 65.7 Å². The Morgan fingerprint density at radius 2 is 1.41 bits per heavy atom. The Bertz CT molecular complexity index is 211. The van der Waals surface area contributed by atoms with E-state index in [-0.39, 0.29) is 6.04 Å². The minimum atomic E-state index is -4.14. The number of alkyl halides is 3. The van der Waals surface area contributed by atoms with Gasteiger partial charge in [0.05, 0.1) is 0 Å². The Balaban J connectivity index is 4.56. The van der Waals surface area contributed by atoms with E-state index in [4.69, 9.17) is 0 Å². The van der Waals surface area contributed by atoms with Crippen molar-refractivity contribution >= 4 is 0 Å². The van der Waals surface area contributed by atoms with Crippen LogP contribution in [0.1, 0.15) is 47.5 Å². The molecule has 0 saturated heterocycles. The molecule has 0 aromatic heterocycles. The van der Waals surface area contributed by atoms with Gasteiger partial charge in [0.15, 0.2) is 0 Å². The lowest BCUT2D eigenvalue weighted by Crippen LogP contribution is -2.50. The van der Waals surface area contributed by atoms with Gasteiger partial charge in [-0.15, -0.1) is 0 Å². The molecule has 0 heterocycles. The molecule has 0 fully saturated rings. The molecule has 0 aromatic rings. The second-order valence-corrected chi connectivity index (χ2v) is 5.72. The largest absolute Gasteiger partial charge is 0.404 e. The van der Waals surface area contributed by atoms with Gasteiger partial charge in [-0.25, -0.2) is 0 Å². The molecule has 0 N–H and O–H groups in total. The molecule has 0 radical (unpaired) electrons. The summed E-state index contributed by atoms with van der Waals surface area (Å²) in [7, 11) is 1.59. The lowest BCUT2D eigenvalue weighted by molar-refractivity contribution is -0.196. The van der Waals surface area contributed by atoms with Crippen LogP contribution in [0.25, 0.3) is 0 Å². The first-order chi connectivity index (χ1) is 7.57. The van der Waals surface area contributed by atoms with E-state index in [0.717, 1.165) is 12.8 Å². The molecule has 0 aliphatic carbocycles. The summed E-state index contributed by atoms with van der Waals surface area (Å²) in [6.07, 6.45) is -2.36.